The zero-order chi connectivity index (χ0) is 14.3. The van der Waals surface area contributed by atoms with E-state index in [-0.39, 0.29) is 5.91 Å². The fourth-order valence-corrected chi connectivity index (χ4v) is 1.65. The number of benzene rings is 1. The summed E-state index contributed by atoms with van der Waals surface area (Å²) in [5.74, 6) is -0.0137. The normalized spacial score (nSPS) is 10.8. The number of likely N-dealkylation sites (N-methyl/N-ethyl adjacent to an activating group) is 1. The Labute approximate surface area is 116 Å². The minimum absolute atomic E-state index is 0.0137. The summed E-state index contributed by atoms with van der Waals surface area (Å²) in [7, 11) is 2.06. The largest absolute Gasteiger partial charge is 0.385 e. The lowest BCUT2D eigenvalue weighted by atomic mass is 10.2. The van der Waals surface area contributed by atoms with E-state index in [9.17, 15) is 4.79 Å². The zero-order valence-electron chi connectivity index (χ0n) is 12.4. The average Bonchev–Trinajstić information content (AvgIpc) is 2.39. The van der Waals surface area contributed by atoms with Crippen LogP contribution in [0.3, 0.4) is 0 Å². The van der Waals surface area contributed by atoms with Crippen molar-refractivity contribution in [1.29, 1.82) is 0 Å². The molecule has 4 heteroatoms. The second kappa shape index (κ2) is 7.79. The Balaban J connectivity index is 2.41. The van der Waals surface area contributed by atoms with Crippen molar-refractivity contribution < 1.29 is 4.79 Å². The molecule has 0 saturated heterocycles. The molecule has 0 radical (unpaired) electrons. The van der Waals surface area contributed by atoms with Crippen LogP contribution in [0, 0.1) is 0 Å². The highest BCUT2D eigenvalue weighted by Gasteiger charge is 2.06. The monoisotopic (exact) mass is 263 g/mol. The fourth-order valence-electron chi connectivity index (χ4n) is 1.65. The average molecular weight is 263 g/mol. The van der Waals surface area contributed by atoms with Crippen LogP contribution in [0.25, 0.3) is 0 Å². The molecular formula is C15H25N3O. The highest BCUT2D eigenvalue weighted by Crippen LogP contribution is 2.08. The second-order valence-electron chi connectivity index (χ2n) is 4.94. The Morgan fingerprint density at radius 2 is 1.89 bits per heavy atom. The summed E-state index contributed by atoms with van der Waals surface area (Å²) in [6.07, 6.45) is 0. The van der Waals surface area contributed by atoms with Crippen molar-refractivity contribution in [2.45, 2.75) is 26.8 Å². The molecule has 2 N–H and O–H groups in total. The van der Waals surface area contributed by atoms with Crippen molar-refractivity contribution in [3.8, 4) is 0 Å². The summed E-state index contributed by atoms with van der Waals surface area (Å²) in [5, 5.41) is 6.14. The third kappa shape index (κ3) is 5.30. The lowest BCUT2D eigenvalue weighted by Crippen LogP contribution is -2.36. The molecule has 0 heterocycles. The molecular weight excluding hydrogens is 238 g/mol. The second-order valence-corrected chi connectivity index (χ2v) is 4.94. The topological polar surface area (TPSA) is 44.4 Å². The molecule has 0 spiro atoms. The molecule has 0 aliphatic heterocycles. The lowest BCUT2D eigenvalue weighted by Gasteiger charge is -2.20. The summed E-state index contributed by atoms with van der Waals surface area (Å²) >= 11 is 0. The van der Waals surface area contributed by atoms with Gasteiger partial charge >= 0.3 is 0 Å². The minimum Gasteiger partial charge on any atom is -0.385 e. The van der Waals surface area contributed by atoms with E-state index in [0.717, 1.165) is 18.8 Å². The molecule has 4 nitrogen and oxygen atoms in total. The van der Waals surface area contributed by atoms with Crippen molar-refractivity contribution in [2.24, 2.45) is 0 Å². The van der Waals surface area contributed by atoms with Crippen LogP contribution in [0.1, 0.15) is 31.1 Å². The highest BCUT2D eigenvalue weighted by molar-refractivity contribution is 5.94. The lowest BCUT2D eigenvalue weighted by molar-refractivity contribution is 0.0948. The Morgan fingerprint density at radius 3 is 2.42 bits per heavy atom. The van der Waals surface area contributed by atoms with Crippen LogP contribution in [-0.2, 0) is 0 Å². The van der Waals surface area contributed by atoms with E-state index >= 15 is 0 Å². The van der Waals surface area contributed by atoms with E-state index in [1.54, 1.807) is 0 Å². The summed E-state index contributed by atoms with van der Waals surface area (Å²) in [6.45, 7) is 8.74. The maximum Gasteiger partial charge on any atom is 0.251 e. The van der Waals surface area contributed by atoms with Gasteiger partial charge in [0, 0.05) is 36.9 Å². The van der Waals surface area contributed by atoms with Gasteiger partial charge in [-0.15, -0.1) is 0 Å². The van der Waals surface area contributed by atoms with Gasteiger partial charge in [-0.05, 0) is 52.1 Å². The number of carbonyl (C=O) groups is 1. The SMILES string of the molecule is CCNc1ccc(C(=O)NCCN(C)C(C)C)cc1. The standard InChI is InChI=1S/C15H25N3O/c1-5-16-14-8-6-13(7-9-14)15(19)17-10-11-18(4)12(2)3/h6-9,12,16H,5,10-11H2,1-4H3,(H,17,19). The van der Waals surface area contributed by atoms with E-state index in [0.29, 0.717) is 18.2 Å². The highest BCUT2D eigenvalue weighted by atomic mass is 16.1. The van der Waals surface area contributed by atoms with E-state index in [1.807, 2.05) is 31.2 Å². The van der Waals surface area contributed by atoms with Crippen molar-refractivity contribution in [3.63, 3.8) is 0 Å². The van der Waals surface area contributed by atoms with E-state index < -0.39 is 0 Å². The van der Waals surface area contributed by atoms with Crippen molar-refractivity contribution >= 4 is 11.6 Å². The molecule has 0 aliphatic carbocycles. The number of rotatable bonds is 7. The summed E-state index contributed by atoms with van der Waals surface area (Å²) < 4.78 is 0. The molecule has 0 aromatic heterocycles. The van der Waals surface area contributed by atoms with Crippen LogP contribution >= 0.6 is 0 Å². The molecule has 0 bridgehead atoms. The molecule has 0 fully saturated rings. The molecule has 0 unspecified atom stereocenters. The molecule has 19 heavy (non-hydrogen) atoms. The molecule has 0 saturated carbocycles. The summed E-state index contributed by atoms with van der Waals surface area (Å²) in [4.78, 5) is 14.1. The van der Waals surface area contributed by atoms with E-state index in [1.165, 1.54) is 0 Å². The van der Waals surface area contributed by atoms with Crippen molar-refractivity contribution in [1.82, 2.24) is 10.2 Å². The van der Waals surface area contributed by atoms with Crippen molar-refractivity contribution in [3.05, 3.63) is 29.8 Å². The van der Waals surface area contributed by atoms with Crippen LogP contribution in [0.15, 0.2) is 24.3 Å². The van der Waals surface area contributed by atoms with Gasteiger partial charge in [0.25, 0.3) is 5.91 Å². The van der Waals surface area contributed by atoms with Crippen LogP contribution in [0.5, 0.6) is 0 Å². The Hall–Kier alpha value is -1.55. The molecule has 106 valence electrons. The predicted molar refractivity (Wildman–Crippen MR) is 80.7 cm³/mol. The first-order valence-corrected chi connectivity index (χ1v) is 6.87. The van der Waals surface area contributed by atoms with Gasteiger partial charge in [0.05, 0.1) is 0 Å². The first-order chi connectivity index (χ1) is 9.04. The maximum absolute atomic E-state index is 11.9. The van der Waals surface area contributed by atoms with E-state index in [4.69, 9.17) is 0 Å². The van der Waals surface area contributed by atoms with Gasteiger partial charge in [-0.25, -0.2) is 0 Å². The molecule has 1 amide bonds. The third-order valence-electron chi connectivity index (χ3n) is 3.16. The molecule has 0 atom stereocenters. The molecule has 1 rings (SSSR count). The van der Waals surface area contributed by atoms with Crippen LogP contribution in [-0.4, -0.2) is 43.5 Å². The van der Waals surface area contributed by atoms with Gasteiger partial charge in [-0.3, -0.25) is 4.79 Å². The molecule has 0 aliphatic rings. The Kier molecular flexibility index (Phi) is 6.36. The fraction of sp³-hybridized carbons (Fsp3) is 0.533. The first-order valence-electron chi connectivity index (χ1n) is 6.87. The molecule has 1 aromatic rings. The number of carbonyl (C=O) groups excluding carboxylic acids is 1. The van der Waals surface area contributed by atoms with Crippen molar-refractivity contribution in [2.75, 3.05) is 32.0 Å². The van der Waals surface area contributed by atoms with Crippen LogP contribution in [0.4, 0.5) is 5.69 Å². The molecule has 1 aromatic carbocycles. The van der Waals surface area contributed by atoms with Gasteiger partial charge in [-0.1, -0.05) is 0 Å². The number of hydrogen-bond acceptors (Lipinski definition) is 3. The number of amides is 1. The summed E-state index contributed by atoms with van der Waals surface area (Å²) in [5.41, 5.74) is 1.74. The smallest absolute Gasteiger partial charge is 0.251 e. The van der Waals surface area contributed by atoms with Gasteiger partial charge in [0.2, 0.25) is 0 Å². The van der Waals surface area contributed by atoms with Crippen LogP contribution < -0.4 is 10.6 Å². The first kappa shape index (κ1) is 15.5. The summed E-state index contributed by atoms with van der Waals surface area (Å²) in [6, 6.07) is 8.05. The van der Waals surface area contributed by atoms with Gasteiger partial charge < -0.3 is 15.5 Å². The minimum atomic E-state index is -0.0137. The van der Waals surface area contributed by atoms with Gasteiger partial charge in [0.15, 0.2) is 0 Å². The Bertz CT molecular complexity index is 387. The number of hydrogen-bond donors (Lipinski definition) is 2. The van der Waals surface area contributed by atoms with Gasteiger partial charge in [-0.2, -0.15) is 0 Å². The number of nitrogens with zero attached hydrogens (tertiary/aromatic N) is 1. The van der Waals surface area contributed by atoms with Gasteiger partial charge in [0.1, 0.15) is 0 Å². The zero-order valence-corrected chi connectivity index (χ0v) is 12.4. The predicted octanol–water partition coefficient (Wildman–Crippen LogP) is 2.19. The Morgan fingerprint density at radius 1 is 1.26 bits per heavy atom. The van der Waals surface area contributed by atoms with E-state index in [2.05, 4.69) is 36.4 Å². The maximum atomic E-state index is 11.9. The third-order valence-corrected chi connectivity index (χ3v) is 3.16. The number of anilines is 1. The number of nitrogens with one attached hydrogen (secondary N) is 2. The van der Waals surface area contributed by atoms with Crippen LogP contribution in [0.2, 0.25) is 0 Å². The quantitative estimate of drug-likeness (QED) is 0.792.